The minimum Gasteiger partial charge on any atom is -0.359 e. The van der Waals surface area contributed by atoms with Crippen LogP contribution in [0.15, 0.2) is 20.9 Å². The molecule has 0 bridgehead atoms. The molecule has 142 valence electrons. The standard InChI is InChI=1S/C16H27N5OS2.HI/c1-17-14(22)12-13-4-8-21(9-5-13)15(18-2)19-6-3-10-23-16-20-7-11-24-16;/h7,11,13H,3-6,8-10,12H2,1-2H3,(H,17,22)(H,18,19);1H. The Morgan fingerprint density at radius 1 is 1.48 bits per heavy atom. The zero-order chi connectivity index (χ0) is 17.2. The summed E-state index contributed by atoms with van der Waals surface area (Å²) in [5, 5.41) is 8.18. The van der Waals surface area contributed by atoms with E-state index in [9.17, 15) is 4.79 Å². The van der Waals surface area contributed by atoms with Crippen LogP contribution in [0.4, 0.5) is 0 Å². The number of halogens is 1. The van der Waals surface area contributed by atoms with Crippen molar-refractivity contribution in [1.29, 1.82) is 0 Å². The number of likely N-dealkylation sites (tertiary alicyclic amines) is 1. The molecule has 1 aromatic heterocycles. The van der Waals surface area contributed by atoms with Gasteiger partial charge in [0.2, 0.25) is 5.91 Å². The van der Waals surface area contributed by atoms with Crippen molar-refractivity contribution in [1.82, 2.24) is 20.5 Å². The van der Waals surface area contributed by atoms with Crippen LogP contribution < -0.4 is 10.6 Å². The first kappa shape index (κ1) is 22.5. The molecule has 1 aliphatic heterocycles. The Bertz CT molecular complexity index is 519. The second-order valence-corrected chi connectivity index (χ2v) is 8.02. The summed E-state index contributed by atoms with van der Waals surface area (Å²) in [7, 11) is 3.54. The molecule has 1 saturated heterocycles. The molecule has 1 aliphatic rings. The third-order valence-corrected chi connectivity index (χ3v) is 6.17. The molecule has 0 saturated carbocycles. The van der Waals surface area contributed by atoms with E-state index in [4.69, 9.17) is 0 Å². The maximum absolute atomic E-state index is 11.5. The number of rotatable bonds is 7. The Hall–Kier alpha value is -0.550. The van der Waals surface area contributed by atoms with Gasteiger partial charge in [-0.15, -0.1) is 35.3 Å². The number of aliphatic imine (C=N–C) groups is 1. The Labute approximate surface area is 175 Å². The number of thiazole rings is 1. The lowest BCUT2D eigenvalue weighted by atomic mass is 9.93. The second kappa shape index (κ2) is 12.7. The summed E-state index contributed by atoms with van der Waals surface area (Å²) in [5.41, 5.74) is 0. The highest BCUT2D eigenvalue weighted by Crippen LogP contribution is 2.21. The van der Waals surface area contributed by atoms with Crippen molar-refractivity contribution in [3.63, 3.8) is 0 Å². The highest BCUT2D eigenvalue weighted by molar-refractivity contribution is 14.0. The van der Waals surface area contributed by atoms with E-state index in [0.717, 1.165) is 54.9 Å². The first-order valence-corrected chi connectivity index (χ1v) is 10.3. The molecule has 0 radical (unpaired) electrons. The monoisotopic (exact) mass is 497 g/mol. The SMILES string of the molecule is CN=C(NCCCSc1nccs1)N1CCC(CC(=O)NC)CC1.I. The van der Waals surface area contributed by atoms with Crippen molar-refractivity contribution in [2.24, 2.45) is 10.9 Å². The maximum Gasteiger partial charge on any atom is 0.220 e. The van der Waals surface area contributed by atoms with Gasteiger partial charge in [0.05, 0.1) is 0 Å². The number of thioether (sulfide) groups is 1. The predicted molar refractivity (Wildman–Crippen MR) is 117 cm³/mol. The molecular weight excluding hydrogens is 469 g/mol. The van der Waals surface area contributed by atoms with Crippen molar-refractivity contribution >= 4 is 58.9 Å². The number of carbonyl (C=O) groups excluding carboxylic acids is 1. The molecule has 0 unspecified atom stereocenters. The molecular formula is C16H28IN5OS2. The van der Waals surface area contributed by atoms with Crippen LogP contribution in [0.2, 0.25) is 0 Å². The summed E-state index contributed by atoms with van der Waals surface area (Å²) < 4.78 is 1.14. The molecule has 1 aromatic rings. The smallest absolute Gasteiger partial charge is 0.220 e. The van der Waals surface area contributed by atoms with Crippen LogP contribution >= 0.6 is 47.1 Å². The van der Waals surface area contributed by atoms with E-state index in [1.165, 1.54) is 0 Å². The van der Waals surface area contributed by atoms with E-state index in [0.29, 0.717) is 12.3 Å². The Morgan fingerprint density at radius 2 is 2.24 bits per heavy atom. The zero-order valence-corrected chi connectivity index (χ0v) is 18.8. The average Bonchev–Trinajstić information content (AvgIpc) is 3.12. The van der Waals surface area contributed by atoms with Gasteiger partial charge in [-0.3, -0.25) is 9.79 Å². The molecule has 2 rings (SSSR count). The molecule has 6 nitrogen and oxygen atoms in total. The molecule has 1 amide bonds. The van der Waals surface area contributed by atoms with Crippen LogP contribution in [0.5, 0.6) is 0 Å². The fourth-order valence-corrected chi connectivity index (χ4v) is 4.41. The molecule has 9 heteroatoms. The van der Waals surface area contributed by atoms with Crippen LogP contribution in [0, 0.1) is 5.92 Å². The summed E-state index contributed by atoms with van der Waals surface area (Å²) in [4.78, 5) is 22.4. The van der Waals surface area contributed by atoms with Gasteiger partial charge in [0.15, 0.2) is 5.96 Å². The molecule has 0 aliphatic carbocycles. The van der Waals surface area contributed by atoms with Crippen LogP contribution in [0.25, 0.3) is 0 Å². The van der Waals surface area contributed by atoms with Crippen molar-refractivity contribution in [2.75, 3.05) is 39.5 Å². The Kier molecular flexibility index (Phi) is 11.5. The van der Waals surface area contributed by atoms with E-state index in [2.05, 4.69) is 25.5 Å². The first-order chi connectivity index (χ1) is 11.7. The van der Waals surface area contributed by atoms with Crippen LogP contribution in [-0.4, -0.2) is 61.2 Å². The number of guanidine groups is 1. The van der Waals surface area contributed by atoms with Crippen molar-refractivity contribution in [3.05, 3.63) is 11.6 Å². The zero-order valence-electron chi connectivity index (χ0n) is 14.9. The lowest BCUT2D eigenvalue weighted by molar-refractivity contribution is -0.121. The number of hydrogen-bond acceptors (Lipinski definition) is 5. The topological polar surface area (TPSA) is 69.6 Å². The lowest BCUT2D eigenvalue weighted by Gasteiger charge is -2.34. The molecule has 1 fully saturated rings. The first-order valence-electron chi connectivity index (χ1n) is 8.41. The minimum absolute atomic E-state index is 0. The Morgan fingerprint density at radius 3 is 2.84 bits per heavy atom. The van der Waals surface area contributed by atoms with Gasteiger partial charge in [-0.25, -0.2) is 4.98 Å². The van der Waals surface area contributed by atoms with Crippen LogP contribution in [0.1, 0.15) is 25.7 Å². The number of nitrogens with zero attached hydrogens (tertiary/aromatic N) is 3. The van der Waals surface area contributed by atoms with Gasteiger partial charge in [0.25, 0.3) is 0 Å². The molecule has 0 spiro atoms. The Balaban J connectivity index is 0.00000312. The second-order valence-electron chi connectivity index (χ2n) is 5.78. The molecule has 2 N–H and O–H groups in total. The van der Waals surface area contributed by atoms with Gasteiger partial charge < -0.3 is 15.5 Å². The number of nitrogens with one attached hydrogen (secondary N) is 2. The largest absolute Gasteiger partial charge is 0.359 e. The molecule has 0 aromatic carbocycles. The van der Waals surface area contributed by atoms with E-state index < -0.39 is 0 Å². The van der Waals surface area contributed by atoms with Gasteiger partial charge in [0, 0.05) is 57.5 Å². The van der Waals surface area contributed by atoms with Crippen LogP contribution in [0.3, 0.4) is 0 Å². The van der Waals surface area contributed by atoms with Gasteiger partial charge in [0.1, 0.15) is 4.34 Å². The molecule has 2 heterocycles. The van der Waals surface area contributed by atoms with Crippen molar-refractivity contribution in [3.8, 4) is 0 Å². The fraction of sp³-hybridized carbons (Fsp3) is 0.688. The van der Waals surface area contributed by atoms with Crippen LogP contribution in [-0.2, 0) is 4.79 Å². The summed E-state index contributed by atoms with van der Waals surface area (Å²) in [6.07, 6.45) is 5.67. The van der Waals surface area contributed by atoms with Gasteiger partial charge >= 0.3 is 0 Å². The summed E-state index contributed by atoms with van der Waals surface area (Å²) >= 11 is 3.50. The maximum atomic E-state index is 11.5. The summed E-state index contributed by atoms with van der Waals surface area (Å²) in [5.74, 6) is 2.68. The molecule has 25 heavy (non-hydrogen) atoms. The average molecular weight is 497 g/mol. The normalized spacial score (nSPS) is 15.6. The molecule has 0 atom stereocenters. The van der Waals surface area contributed by atoms with E-state index in [1.54, 1.807) is 30.1 Å². The third kappa shape index (κ3) is 8.12. The van der Waals surface area contributed by atoms with E-state index >= 15 is 0 Å². The van der Waals surface area contributed by atoms with Crippen molar-refractivity contribution in [2.45, 2.75) is 30.0 Å². The number of aromatic nitrogens is 1. The van der Waals surface area contributed by atoms with Gasteiger partial charge in [-0.2, -0.15) is 0 Å². The lowest BCUT2D eigenvalue weighted by Crippen LogP contribution is -2.46. The third-order valence-electron chi connectivity index (χ3n) is 4.12. The van der Waals surface area contributed by atoms with Gasteiger partial charge in [-0.05, 0) is 25.2 Å². The van der Waals surface area contributed by atoms with E-state index in [-0.39, 0.29) is 29.9 Å². The van der Waals surface area contributed by atoms with Gasteiger partial charge in [-0.1, -0.05) is 11.8 Å². The fourth-order valence-electron chi connectivity index (χ4n) is 2.76. The predicted octanol–water partition coefficient (Wildman–Crippen LogP) is 2.67. The summed E-state index contributed by atoms with van der Waals surface area (Å²) in [6.45, 7) is 2.85. The highest BCUT2D eigenvalue weighted by atomic mass is 127. The number of piperidine rings is 1. The number of amides is 1. The highest BCUT2D eigenvalue weighted by Gasteiger charge is 2.22. The minimum atomic E-state index is 0. The number of hydrogen-bond donors (Lipinski definition) is 2. The van der Waals surface area contributed by atoms with Crippen molar-refractivity contribution < 1.29 is 4.79 Å². The summed E-state index contributed by atoms with van der Waals surface area (Å²) in [6, 6.07) is 0. The number of carbonyl (C=O) groups is 1. The van der Waals surface area contributed by atoms with E-state index in [1.807, 2.05) is 18.6 Å². The quantitative estimate of drug-likeness (QED) is 0.199.